The fourth-order valence-electron chi connectivity index (χ4n) is 2.79. The molecule has 0 unspecified atom stereocenters. The molecule has 1 fully saturated rings. The summed E-state index contributed by atoms with van der Waals surface area (Å²) in [5.41, 5.74) is 0.872. The predicted octanol–water partition coefficient (Wildman–Crippen LogP) is 2.17. The first-order chi connectivity index (χ1) is 9.17. The van der Waals surface area contributed by atoms with Crippen LogP contribution in [0.3, 0.4) is 0 Å². The highest BCUT2D eigenvalue weighted by atomic mass is 16.4. The van der Waals surface area contributed by atoms with Gasteiger partial charge in [-0.15, -0.1) is 0 Å². The van der Waals surface area contributed by atoms with Crippen LogP contribution in [0.5, 0.6) is 0 Å². The molecule has 104 valence electrons. The van der Waals surface area contributed by atoms with E-state index in [9.17, 15) is 9.90 Å². The number of carboxylic acids is 1. The SMILES string of the molecule is O=C(O)c1ccccc1CNC1(CO)CCCCC1. The summed E-state index contributed by atoms with van der Waals surface area (Å²) in [5.74, 6) is -0.904. The van der Waals surface area contributed by atoms with Gasteiger partial charge in [0.1, 0.15) is 0 Å². The maximum atomic E-state index is 11.1. The summed E-state index contributed by atoms with van der Waals surface area (Å²) in [6, 6.07) is 7.02. The lowest BCUT2D eigenvalue weighted by Gasteiger charge is -2.37. The summed E-state index contributed by atoms with van der Waals surface area (Å²) in [5, 5.41) is 22.1. The third-order valence-corrected chi connectivity index (χ3v) is 4.01. The van der Waals surface area contributed by atoms with Crippen LogP contribution in [-0.2, 0) is 6.54 Å². The Morgan fingerprint density at radius 2 is 1.89 bits per heavy atom. The van der Waals surface area contributed by atoms with E-state index in [1.165, 1.54) is 6.42 Å². The number of nitrogens with one attached hydrogen (secondary N) is 1. The molecule has 0 atom stereocenters. The number of aliphatic hydroxyl groups is 1. The lowest BCUT2D eigenvalue weighted by Crippen LogP contribution is -2.49. The van der Waals surface area contributed by atoms with Crippen molar-refractivity contribution >= 4 is 5.97 Å². The van der Waals surface area contributed by atoms with E-state index in [0.29, 0.717) is 12.1 Å². The van der Waals surface area contributed by atoms with Crippen LogP contribution in [-0.4, -0.2) is 28.3 Å². The third kappa shape index (κ3) is 3.33. The van der Waals surface area contributed by atoms with E-state index in [-0.39, 0.29) is 12.1 Å². The molecule has 1 saturated carbocycles. The maximum Gasteiger partial charge on any atom is 0.336 e. The second-order valence-corrected chi connectivity index (χ2v) is 5.31. The first-order valence-corrected chi connectivity index (χ1v) is 6.84. The van der Waals surface area contributed by atoms with Gasteiger partial charge in [0.15, 0.2) is 0 Å². The molecule has 0 bridgehead atoms. The van der Waals surface area contributed by atoms with Crippen molar-refractivity contribution in [3.8, 4) is 0 Å². The summed E-state index contributed by atoms with van der Waals surface area (Å²) < 4.78 is 0. The molecule has 4 nitrogen and oxygen atoms in total. The molecule has 0 saturated heterocycles. The van der Waals surface area contributed by atoms with E-state index in [1.807, 2.05) is 12.1 Å². The smallest absolute Gasteiger partial charge is 0.336 e. The average molecular weight is 263 g/mol. The lowest BCUT2D eigenvalue weighted by atomic mass is 9.82. The maximum absolute atomic E-state index is 11.1. The van der Waals surface area contributed by atoms with Crippen LogP contribution in [0.25, 0.3) is 0 Å². The van der Waals surface area contributed by atoms with Gasteiger partial charge in [0.2, 0.25) is 0 Å². The Bertz CT molecular complexity index is 439. The van der Waals surface area contributed by atoms with Gasteiger partial charge in [-0.05, 0) is 24.5 Å². The van der Waals surface area contributed by atoms with Gasteiger partial charge >= 0.3 is 5.97 Å². The Hall–Kier alpha value is -1.39. The van der Waals surface area contributed by atoms with E-state index >= 15 is 0 Å². The summed E-state index contributed by atoms with van der Waals surface area (Å²) >= 11 is 0. The van der Waals surface area contributed by atoms with Gasteiger partial charge in [-0.3, -0.25) is 0 Å². The number of carbonyl (C=O) groups is 1. The van der Waals surface area contributed by atoms with Gasteiger partial charge in [-0.2, -0.15) is 0 Å². The molecule has 0 radical (unpaired) electrons. The van der Waals surface area contributed by atoms with E-state index < -0.39 is 5.97 Å². The molecule has 1 aromatic carbocycles. The number of rotatable bonds is 5. The first kappa shape index (κ1) is 14.0. The van der Waals surface area contributed by atoms with Crippen LogP contribution >= 0.6 is 0 Å². The Kier molecular flexibility index (Phi) is 4.56. The highest BCUT2D eigenvalue weighted by Gasteiger charge is 2.30. The molecule has 1 aliphatic carbocycles. The van der Waals surface area contributed by atoms with Crippen molar-refractivity contribution in [1.82, 2.24) is 5.32 Å². The summed E-state index contributed by atoms with van der Waals surface area (Å²) in [6.45, 7) is 0.602. The third-order valence-electron chi connectivity index (χ3n) is 4.01. The molecule has 4 heteroatoms. The first-order valence-electron chi connectivity index (χ1n) is 6.84. The van der Waals surface area contributed by atoms with Crippen LogP contribution in [0.1, 0.15) is 48.0 Å². The largest absolute Gasteiger partial charge is 0.478 e. The van der Waals surface area contributed by atoms with Gasteiger partial charge in [0, 0.05) is 12.1 Å². The van der Waals surface area contributed by atoms with Crippen molar-refractivity contribution in [1.29, 1.82) is 0 Å². The van der Waals surface area contributed by atoms with Gasteiger partial charge < -0.3 is 15.5 Å². The molecule has 0 aliphatic heterocycles. The quantitative estimate of drug-likeness (QED) is 0.761. The lowest BCUT2D eigenvalue weighted by molar-refractivity contribution is 0.0694. The van der Waals surface area contributed by atoms with Crippen LogP contribution in [0.4, 0.5) is 0 Å². The van der Waals surface area contributed by atoms with Crippen molar-refractivity contribution in [2.75, 3.05) is 6.61 Å². The normalized spacial score (nSPS) is 18.2. The number of aliphatic hydroxyl groups excluding tert-OH is 1. The fraction of sp³-hybridized carbons (Fsp3) is 0.533. The summed E-state index contributed by atoms with van der Waals surface area (Å²) in [4.78, 5) is 11.1. The van der Waals surface area contributed by atoms with Gasteiger partial charge in [-0.25, -0.2) is 4.79 Å². The molecule has 1 aromatic rings. The molecule has 0 heterocycles. The second-order valence-electron chi connectivity index (χ2n) is 5.31. The minimum Gasteiger partial charge on any atom is -0.478 e. The Balaban J connectivity index is 2.07. The fourth-order valence-corrected chi connectivity index (χ4v) is 2.79. The Labute approximate surface area is 113 Å². The van der Waals surface area contributed by atoms with Crippen LogP contribution in [0.2, 0.25) is 0 Å². The van der Waals surface area contributed by atoms with Crippen molar-refractivity contribution in [2.45, 2.75) is 44.2 Å². The second kappa shape index (κ2) is 6.17. The summed E-state index contributed by atoms with van der Waals surface area (Å²) in [6.07, 6.45) is 5.37. The van der Waals surface area contributed by atoms with E-state index in [0.717, 1.165) is 31.2 Å². The van der Waals surface area contributed by atoms with E-state index in [2.05, 4.69) is 5.32 Å². The highest BCUT2D eigenvalue weighted by Crippen LogP contribution is 2.28. The molecule has 1 aliphatic rings. The number of carboxylic acid groups (broad SMARTS) is 1. The molecule has 19 heavy (non-hydrogen) atoms. The molecular weight excluding hydrogens is 242 g/mol. The Morgan fingerprint density at radius 1 is 1.21 bits per heavy atom. The van der Waals surface area contributed by atoms with Crippen molar-refractivity contribution in [2.24, 2.45) is 0 Å². The number of aromatic carboxylic acids is 1. The molecule has 3 N–H and O–H groups in total. The molecule has 0 amide bonds. The Morgan fingerprint density at radius 3 is 2.53 bits per heavy atom. The summed E-state index contributed by atoms with van der Waals surface area (Å²) in [7, 11) is 0. The van der Waals surface area contributed by atoms with Gasteiger partial charge in [0.25, 0.3) is 0 Å². The van der Waals surface area contributed by atoms with Crippen molar-refractivity contribution in [3.05, 3.63) is 35.4 Å². The average Bonchev–Trinajstić information content (AvgIpc) is 2.46. The minimum atomic E-state index is -0.904. The number of hydrogen-bond donors (Lipinski definition) is 3. The number of hydrogen-bond acceptors (Lipinski definition) is 3. The zero-order valence-corrected chi connectivity index (χ0v) is 11.1. The minimum absolute atomic E-state index is 0.113. The van der Waals surface area contributed by atoms with Gasteiger partial charge in [0.05, 0.1) is 12.2 Å². The van der Waals surface area contributed by atoms with Crippen molar-refractivity contribution < 1.29 is 15.0 Å². The molecule has 0 spiro atoms. The van der Waals surface area contributed by atoms with E-state index in [4.69, 9.17) is 5.11 Å². The van der Waals surface area contributed by atoms with Crippen LogP contribution in [0, 0.1) is 0 Å². The molecule has 2 rings (SSSR count). The van der Waals surface area contributed by atoms with Crippen LogP contribution < -0.4 is 5.32 Å². The standard InChI is InChI=1S/C15H21NO3/c17-11-15(8-4-1-5-9-15)16-10-12-6-2-3-7-13(12)14(18)19/h2-3,6-7,16-17H,1,4-5,8-11H2,(H,18,19). The molecular formula is C15H21NO3. The van der Waals surface area contributed by atoms with E-state index in [1.54, 1.807) is 12.1 Å². The zero-order chi connectivity index (χ0) is 13.7. The highest BCUT2D eigenvalue weighted by molar-refractivity contribution is 5.89. The monoisotopic (exact) mass is 263 g/mol. The van der Waals surface area contributed by atoms with Crippen molar-refractivity contribution in [3.63, 3.8) is 0 Å². The van der Waals surface area contributed by atoms with Crippen LogP contribution in [0.15, 0.2) is 24.3 Å². The predicted molar refractivity (Wildman–Crippen MR) is 73.1 cm³/mol. The number of benzene rings is 1. The molecule has 0 aromatic heterocycles. The van der Waals surface area contributed by atoms with Gasteiger partial charge in [-0.1, -0.05) is 37.5 Å². The topological polar surface area (TPSA) is 69.6 Å². The zero-order valence-electron chi connectivity index (χ0n) is 11.1.